The van der Waals surface area contributed by atoms with Crippen molar-refractivity contribution in [3.8, 4) is 0 Å². The summed E-state index contributed by atoms with van der Waals surface area (Å²) in [6, 6.07) is 6.23. The fourth-order valence-corrected chi connectivity index (χ4v) is 2.36. The van der Waals surface area contributed by atoms with Crippen LogP contribution in [0.2, 0.25) is 0 Å². The molecular weight excluding hydrogens is 294 g/mol. The Morgan fingerprint density at radius 3 is 2.61 bits per heavy atom. The Bertz CT molecular complexity index is 421. The van der Waals surface area contributed by atoms with Crippen molar-refractivity contribution < 1.29 is 4.74 Å². The molecular formula is C13H20BrN3O. The van der Waals surface area contributed by atoms with Crippen molar-refractivity contribution in [3.05, 3.63) is 28.2 Å². The van der Waals surface area contributed by atoms with Crippen molar-refractivity contribution in [1.29, 1.82) is 5.41 Å². The Labute approximate surface area is 117 Å². The Morgan fingerprint density at radius 1 is 1.50 bits per heavy atom. The molecule has 0 saturated carbocycles. The summed E-state index contributed by atoms with van der Waals surface area (Å²) in [5.74, 6) is 0.0708. The number of nitrogen functional groups attached to an aromatic ring is 1. The summed E-state index contributed by atoms with van der Waals surface area (Å²) >= 11 is 3.45. The number of nitrogens with two attached hydrogens (primary N) is 1. The van der Waals surface area contributed by atoms with Crippen LogP contribution in [0.1, 0.15) is 19.4 Å². The van der Waals surface area contributed by atoms with Gasteiger partial charge in [0.2, 0.25) is 0 Å². The van der Waals surface area contributed by atoms with Crippen molar-refractivity contribution in [1.82, 2.24) is 0 Å². The minimum absolute atomic E-state index is 0.0708. The molecule has 0 radical (unpaired) electrons. The monoisotopic (exact) mass is 313 g/mol. The van der Waals surface area contributed by atoms with Gasteiger partial charge in [-0.25, -0.2) is 0 Å². The lowest BCUT2D eigenvalue weighted by atomic mass is 10.1. The minimum Gasteiger partial charge on any atom is -0.384 e. The number of amidine groups is 1. The molecule has 1 aromatic carbocycles. The first-order chi connectivity index (χ1) is 8.47. The highest BCUT2D eigenvalue weighted by Crippen LogP contribution is 2.25. The van der Waals surface area contributed by atoms with Crippen LogP contribution in [0, 0.1) is 5.41 Å². The summed E-state index contributed by atoms with van der Waals surface area (Å²) in [6.45, 7) is 5.80. The molecule has 5 heteroatoms. The average Bonchev–Trinajstić information content (AvgIpc) is 2.28. The molecule has 1 rings (SSSR count). The van der Waals surface area contributed by atoms with E-state index in [1.807, 2.05) is 18.2 Å². The van der Waals surface area contributed by atoms with Crippen molar-refractivity contribution in [2.75, 3.05) is 25.2 Å². The first-order valence-corrected chi connectivity index (χ1v) is 6.66. The van der Waals surface area contributed by atoms with Gasteiger partial charge in [0, 0.05) is 35.4 Å². The van der Waals surface area contributed by atoms with Gasteiger partial charge in [0.05, 0.1) is 6.61 Å². The van der Waals surface area contributed by atoms with Crippen LogP contribution in [-0.2, 0) is 4.74 Å². The standard InChI is InChI=1S/C13H20BrN3O/c1-9(2)17(6-7-18-3)10-4-5-11(13(15)16)12(14)8-10/h4-5,8-9H,6-7H2,1-3H3,(H3,15,16). The van der Waals surface area contributed by atoms with Gasteiger partial charge in [-0.2, -0.15) is 0 Å². The van der Waals surface area contributed by atoms with E-state index in [-0.39, 0.29) is 5.84 Å². The third-order valence-corrected chi connectivity index (χ3v) is 3.39. The van der Waals surface area contributed by atoms with Crippen LogP contribution in [0.25, 0.3) is 0 Å². The fraction of sp³-hybridized carbons (Fsp3) is 0.462. The van der Waals surface area contributed by atoms with Crippen LogP contribution in [0.5, 0.6) is 0 Å². The van der Waals surface area contributed by atoms with E-state index in [2.05, 4.69) is 34.7 Å². The maximum atomic E-state index is 7.46. The number of ether oxygens (including phenoxy) is 1. The molecule has 0 spiro atoms. The third-order valence-electron chi connectivity index (χ3n) is 2.73. The van der Waals surface area contributed by atoms with Crippen LogP contribution < -0.4 is 10.6 Å². The molecule has 0 saturated heterocycles. The zero-order valence-corrected chi connectivity index (χ0v) is 12.6. The predicted octanol–water partition coefficient (Wildman–Crippen LogP) is 2.59. The molecule has 0 atom stereocenters. The molecule has 0 aliphatic rings. The maximum Gasteiger partial charge on any atom is 0.123 e. The second-order valence-electron chi connectivity index (χ2n) is 4.36. The van der Waals surface area contributed by atoms with Crippen molar-refractivity contribution >= 4 is 27.5 Å². The van der Waals surface area contributed by atoms with E-state index in [0.717, 1.165) is 16.7 Å². The summed E-state index contributed by atoms with van der Waals surface area (Å²) in [4.78, 5) is 2.25. The topological polar surface area (TPSA) is 62.3 Å². The molecule has 1 aromatic rings. The van der Waals surface area contributed by atoms with Gasteiger partial charge in [0.15, 0.2) is 0 Å². The molecule has 18 heavy (non-hydrogen) atoms. The van der Waals surface area contributed by atoms with Gasteiger partial charge in [0.1, 0.15) is 5.84 Å². The van der Waals surface area contributed by atoms with Crippen LogP contribution in [0.15, 0.2) is 22.7 Å². The van der Waals surface area contributed by atoms with E-state index in [0.29, 0.717) is 18.2 Å². The summed E-state index contributed by atoms with van der Waals surface area (Å²) in [5, 5.41) is 7.46. The van der Waals surface area contributed by atoms with Gasteiger partial charge < -0.3 is 15.4 Å². The summed E-state index contributed by atoms with van der Waals surface area (Å²) in [7, 11) is 1.70. The van der Waals surface area contributed by atoms with E-state index in [1.165, 1.54) is 0 Å². The summed E-state index contributed by atoms with van der Waals surface area (Å²) < 4.78 is 5.97. The van der Waals surface area contributed by atoms with Crippen molar-refractivity contribution in [2.45, 2.75) is 19.9 Å². The van der Waals surface area contributed by atoms with Gasteiger partial charge in [-0.05, 0) is 48.0 Å². The lowest BCUT2D eigenvalue weighted by Gasteiger charge is -2.29. The number of methoxy groups -OCH3 is 1. The first kappa shape index (κ1) is 15.0. The highest BCUT2D eigenvalue weighted by Gasteiger charge is 2.12. The smallest absolute Gasteiger partial charge is 0.123 e. The number of anilines is 1. The Hall–Kier alpha value is -1.07. The zero-order valence-electron chi connectivity index (χ0n) is 11.0. The summed E-state index contributed by atoms with van der Waals surface area (Å²) in [6.07, 6.45) is 0. The van der Waals surface area contributed by atoms with E-state index in [9.17, 15) is 0 Å². The van der Waals surface area contributed by atoms with Gasteiger partial charge in [0.25, 0.3) is 0 Å². The molecule has 0 bridgehead atoms. The number of hydrogen-bond donors (Lipinski definition) is 2. The molecule has 0 heterocycles. The Balaban J connectivity index is 2.99. The van der Waals surface area contributed by atoms with Gasteiger partial charge in [-0.3, -0.25) is 5.41 Å². The van der Waals surface area contributed by atoms with Crippen LogP contribution in [0.3, 0.4) is 0 Å². The lowest BCUT2D eigenvalue weighted by Crippen LogP contribution is -2.33. The third kappa shape index (κ3) is 3.71. The first-order valence-electron chi connectivity index (χ1n) is 5.87. The minimum atomic E-state index is 0.0708. The highest BCUT2D eigenvalue weighted by atomic mass is 79.9. The predicted molar refractivity (Wildman–Crippen MR) is 79.5 cm³/mol. The molecule has 100 valence electrons. The quantitative estimate of drug-likeness (QED) is 0.627. The molecule has 0 aliphatic heterocycles. The molecule has 4 nitrogen and oxygen atoms in total. The second kappa shape index (κ2) is 6.75. The molecule has 0 unspecified atom stereocenters. The SMILES string of the molecule is COCCN(c1ccc(C(=N)N)c(Br)c1)C(C)C. The highest BCUT2D eigenvalue weighted by molar-refractivity contribution is 9.10. The maximum absolute atomic E-state index is 7.46. The number of nitrogens with one attached hydrogen (secondary N) is 1. The Kier molecular flexibility index (Phi) is 5.62. The van der Waals surface area contributed by atoms with Gasteiger partial charge in [-0.1, -0.05) is 0 Å². The van der Waals surface area contributed by atoms with Crippen LogP contribution in [0.4, 0.5) is 5.69 Å². The Morgan fingerprint density at radius 2 is 2.17 bits per heavy atom. The lowest BCUT2D eigenvalue weighted by molar-refractivity contribution is 0.204. The van der Waals surface area contributed by atoms with Crippen LogP contribution >= 0.6 is 15.9 Å². The number of hydrogen-bond acceptors (Lipinski definition) is 3. The van der Waals surface area contributed by atoms with E-state index in [4.69, 9.17) is 15.9 Å². The van der Waals surface area contributed by atoms with E-state index < -0.39 is 0 Å². The molecule has 0 aliphatic carbocycles. The molecule has 0 aromatic heterocycles. The van der Waals surface area contributed by atoms with Gasteiger partial charge in [-0.15, -0.1) is 0 Å². The zero-order chi connectivity index (χ0) is 13.7. The number of benzene rings is 1. The summed E-state index contributed by atoms with van der Waals surface area (Å²) in [5.41, 5.74) is 7.31. The van der Waals surface area contributed by atoms with E-state index in [1.54, 1.807) is 7.11 Å². The van der Waals surface area contributed by atoms with Gasteiger partial charge >= 0.3 is 0 Å². The second-order valence-corrected chi connectivity index (χ2v) is 5.21. The van der Waals surface area contributed by atoms with Crippen LogP contribution in [-0.4, -0.2) is 32.1 Å². The van der Waals surface area contributed by atoms with Crippen molar-refractivity contribution in [2.24, 2.45) is 5.73 Å². The van der Waals surface area contributed by atoms with E-state index >= 15 is 0 Å². The van der Waals surface area contributed by atoms with Crippen molar-refractivity contribution in [3.63, 3.8) is 0 Å². The molecule has 0 fully saturated rings. The number of halogens is 1. The fourth-order valence-electron chi connectivity index (χ4n) is 1.78. The molecule has 3 N–H and O–H groups in total. The number of rotatable bonds is 6. The largest absolute Gasteiger partial charge is 0.384 e. The normalized spacial score (nSPS) is 10.7. The molecule has 0 amide bonds. The number of nitrogens with zero attached hydrogens (tertiary/aromatic N) is 1. The average molecular weight is 314 g/mol.